The van der Waals surface area contributed by atoms with Crippen LogP contribution in [-0.4, -0.2) is 44.1 Å². The number of H-pyrrole nitrogens is 1. The predicted molar refractivity (Wildman–Crippen MR) is 90.3 cm³/mol. The van der Waals surface area contributed by atoms with Crippen molar-refractivity contribution in [2.24, 2.45) is 0 Å². The highest BCUT2D eigenvalue weighted by atomic mass is 19.1. The van der Waals surface area contributed by atoms with E-state index in [1.165, 1.54) is 12.1 Å². The summed E-state index contributed by atoms with van der Waals surface area (Å²) in [6.45, 7) is 1.34. The van der Waals surface area contributed by atoms with Gasteiger partial charge >= 0.3 is 0 Å². The smallest absolute Gasteiger partial charge is 0.227 e. The Morgan fingerprint density at radius 3 is 3.08 bits per heavy atom. The van der Waals surface area contributed by atoms with Crippen LogP contribution in [0.3, 0.4) is 0 Å². The van der Waals surface area contributed by atoms with Crippen LogP contribution in [0.25, 0.3) is 11.2 Å². The average Bonchev–Trinajstić information content (AvgIpc) is 3.06. The van der Waals surface area contributed by atoms with Crippen molar-refractivity contribution in [3.8, 4) is 0 Å². The van der Waals surface area contributed by atoms with E-state index in [4.69, 9.17) is 0 Å². The Kier molecular flexibility index (Phi) is 4.13. The summed E-state index contributed by atoms with van der Waals surface area (Å²) in [7, 11) is 0. The molecule has 3 aromatic rings. The first-order valence-corrected chi connectivity index (χ1v) is 8.38. The largest absolute Gasteiger partial charge is 0.342 e. The fraction of sp³-hybridized carbons (Fsp3) is 0.333. The summed E-state index contributed by atoms with van der Waals surface area (Å²) in [6.07, 6.45) is 5.37. The van der Waals surface area contributed by atoms with Gasteiger partial charge in [0, 0.05) is 31.4 Å². The maximum Gasteiger partial charge on any atom is 0.227 e. The molecule has 128 valence electrons. The molecule has 0 radical (unpaired) electrons. The van der Waals surface area contributed by atoms with E-state index < -0.39 is 0 Å². The van der Waals surface area contributed by atoms with Gasteiger partial charge in [-0.3, -0.25) is 9.89 Å². The van der Waals surface area contributed by atoms with Crippen molar-refractivity contribution < 1.29 is 9.18 Å². The summed E-state index contributed by atoms with van der Waals surface area (Å²) in [4.78, 5) is 23.0. The van der Waals surface area contributed by atoms with E-state index >= 15 is 0 Å². The number of aromatic amines is 1. The fourth-order valence-corrected chi connectivity index (χ4v) is 3.43. The van der Waals surface area contributed by atoms with E-state index in [-0.39, 0.29) is 24.1 Å². The number of hydrogen-bond donors (Lipinski definition) is 1. The Labute approximate surface area is 144 Å². The van der Waals surface area contributed by atoms with E-state index in [9.17, 15) is 9.18 Å². The minimum atomic E-state index is -0.315. The molecule has 1 aromatic carbocycles. The van der Waals surface area contributed by atoms with Crippen LogP contribution in [0, 0.1) is 5.82 Å². The van der Waals surface area contributed by atoms with Gasteiger partial charge in [-0.25, -0.2) is 14.4 Å². The second-order valence-corrected chi connectivity index (χ2v) is 6.35. The van der Waals surface area contributed by atoms with Crippen LogP contribution in [-0.2, 0) is 11.2 Å². The third kappa shape index (κ3) is 3.22. The molecular formula is C18H18FN5O. The molecule has 1 unspecified atom stereocenters. The molecule has 6 nitrogen and oxygen atoms in total. The number of benzene rings is 1. The molecule has 1 saturated heterocycles. The third-order valence-corrected chi connectivity index (χ3v) is 4.64. The fourth-order valence-electron chi connectivity index (χ4n) is 3.43. The standard InChI is InChI=1S/C18H18FN5O/c19-14-5-1-3-12(9-14)10-15(25)24-8-2-4-13(11-24)16-17-18(23-22-16)21-7-6-20-17/h1,3,5-7,9,13H,2,4,8,10-11H2,(H,21,22,23). The first-order valence-electron chi connectivity index (χ1n) is 8.38. The zero-order valence-corrected chi connectivity index (χ0v) is 13.7. The number of fused-ring (bicyclic) bond motifs is 1. The van der Waals surface area contributed by atoms with Crippen molar-refractivity contribution in [1.29, 1.82) is 0 Å². The van der Waals surface area contributed by atoms with Crippen molar-refractivity contribution in [1.82, 2.24) is 25.1 Å². The number of piperidine rings is 1. The van der Waals surface area contributed by atoms with E-state index in [0.717, 1.165) is 30.6 Å². The molecule has 1 N–H and O–H groups in total. The lowest BCUT2D eigenvalue weighted by Gasteiger charge is -2.32. The lowest BCUT2D eigenvalue weighted by atomic mass is 9.94. The molecule has 4 rings (SSSR count). The maximum atomic E-state index is 13.3. The molecular weight excluding hydrogens is 321 g/mol. The van der Waals surface area contributed by atoms with Crippen LogP contribution in [0.15, 0.2) is 36.7 Å². The summed E-state index contributed by atoms with van der Waals surface area (Å²) >= 11 is 0. The zero-order valence-electron chi connectivity index (χ0n) is 13.7. The quantitative estimate of drug-likeness (QED) is 0.795. The van der Waals surface area contributed by atoms with Gasteiger partial charge in [-0.15, -0.1) is 0 Å². The van der Waals surface area contributed by atoms with Gasteiger partial charge in [0.25, 0.3) is 0 Å². The number of carbonyl (C=O) groups is 1. The molecule has 1 atom stereocenters. The first-order chi connectivity index (χ1) is 12.2. The Bertz CT molecular complexity index is 909. The molecule has 7 heteroatoms. The minimum Gasteiger partial charge on any atom is -0.342 e. The van der Waals surface area contributed by atoms with Gasteiger partial charge in [-0.1, -0.05) is 12.1 Å². The van der Waals surface area contributed by atoms with Gasteiger partial charge < -0.3 is 4.90 Å². The predicted octanol–water partition coefficient (Wildman–Crippen LogP) is 2.44. The highest BCUT2D eigenvalue weighted by Crippen LogP contribution is 2.29. The highest BCUT2D eigenvalue weighted by molar-refractivity contribution is 5.79. The molecule has 1 amide bonds. The summed E-state index contributed by atoms with van der Waals surface area (Å²) in [5, 5.41) is 7.23. The second kappa shape index (κ2) is 6.58. The normalized spacial score (nSPS) is 17.8. The number of likely N-dealkylation sites (tertiary alicyclic amines) is 1. The highest BCUT2D eigenvalue weighted by Gasteiger charge is 2.27. The first kappa shape index (κ1) is 15.7. The van der Waals surface area contributed by atoms with Crippen molar-refractivity contribution in [2.45, 2.75) is 25.2 Å². The molecule has 3 heterocycles. The van der Waals surface area contributed by atoms with Crippen molar-refractivity contribution in [3.63, 3.8) is 0 Å². The number of nitrogens with one attached hydrogen (secondary N) is 1. The van der Waals surface area contributed by atoms with E-state index in [0.29, 0.717) is 17.8 Å². The van der Waals surface area contributed by atoms with Crippen LogP contribution >= 0.6 is 0 Å². The summed E-state index contributed by atoms with van der Waals surface area (Å²) in [5.74, 6) is -0.138. The second-order valence-electron chi connectivity index (χ2n) is 6.35. The number of carbonyl (C=O) groups excluding carboxylic acids is 1. The van der Waals surface area contributed by atoms with Crippen molar-refractivity contribution >= 4 is 17.1 Å². The number of rotatable bonds is 3. The third-order valence-electron chi connectivity index (χ3n) is 4.64. The lowest BCUT2D eigenvalue weighted by Crippen LogP contribution is -2.40. The van der Waals surface area contributed by atoms with Crippen LogP contribution in [0.5, 0.6) is 0 Å². The molecule has 2 aromatic heterocycles. The summed E-state index contributed by atoms with van der Waals surface area (Å²) < 4.78 is 13.3. The molecule has 1 fully saturated rings. The van der Waals surface area contributed by atoms with E-state index in [2.05, 4.69) is 20.2 Å². The van der Waals surface area contributed by atoms with Crippen LogP contribution in [0.1, 0.15) is 30.0 Å². The van der Waals surface area contributed by atoms with Gasteiger partial charge in [0.15, 0.2) is 5.65 Å². The van der Waals surface area contributed by atoms with E-state index in [1.807, 2.05) is 4.90 Å². The lowest BCUT2D eigenvalue weighted by molar-refractivity contribution is -0.131. The monoisotopic (exact) mass is 339 g/mol. The number of amides is 1. The van der Waals surface area contributed by atoms with Crippen LogP contribution < -0.4 is 0 Å². The van der Waals surface area contributed by atoms with Gasteiger partial charge in [-0.2, -0.15) is 5.10 Å². The molecule has 25 heavy (non-hydrogen) atoms. The molecule has 1 aliphatic rings. The molecule has 0 saturated carbocycles. The van der Waals surface area contributed by atoms with Gasteiger partial charge in [-0.05, 0) is 30.5 Å². The topological polar surface area (TPSA) is 74.8 Å². The maximum absolute atomic E-state index is 13.3. The number of nitrogens with zero attached hydrogens (tertiary/aromatic N) is 4. The molecule has 1 aliphatic heterocycles. The summed E-state index contributed by atoms with van der Waals surface area (Å²) in [5.41, 5.74) is 3.00. The number of hydrogen-bond acceptors (Lipinski definition) is 4. The Morgan fingerprint density at radius 2 is 2.20 bits per heavy atom. The van der Waals surface area contributed by atoms with Gasteiger partial charge in [0.2, 0.25) is 5.91 Å². The zero-order chi connectivity index (χ0) is 17.2. The molecule has 0 aliphatic carbocycles. The molecule has 0 bridgehead atoms. The van der Waals surface area contributed by atoms with Gasteiger partial charge in [0.05, 0.1) is 12.1 Å². The number of aromatic nitrogens is 4. The average molecular weight is 339 g/mol. The number of halogens is 1. The Morgan fingerprint density at radius 1 is 1.32 bits per heavy atom. The minimum absolute atomic E-state index is 0.0187. The SMILES string of the molecule is O=C(Cc1cccc(F)c1)N1CCCC(c2[nH]nc3nccnc23)C1. The van der Waals surface area contributed by atoms with Crippen molar-refractivity contribution in [2.75, 3.05) is 13.1 Å². The Hall–Kier alpha value is -2.83. The van der Waals surface area contributed by atoms with Crippen LogP contribution in [0.4, 0.5) is 4.39 Å². The van der Waals surface area contributed by atoms with E-state index in [1.54, 1.807) is 24.5 Å². The molecule has 0 spiro atoms. The van der Waals surface area contributed by atoms with Gasteiger partial charge in [0.1, 0.15) is 11.3 Å². The van der Waals surface area contributed by atoms with Crippen LogP contribution in [0.2, 0.25) is 0 Å². The van der Waals surface area contributed by atoms with Crippen molar-refractivity contribution in [3.05, 3.63) is 53.7 Å². The Balaban J connectivity index is 1.50. The summed E-state index contributed by atoms with van der Waals surface area (Å²) in [6, 6.07) is 6.21.